The van der Waals surface area contributed by atoms with Crippen LogP contribution in [0.3, 0.4) is 0 Å². The maximum Gasteiger partial charge on any atom is 0.311 e. The molecule has 5 heteroatoms. The van der Waals surface area contributed by atoms with E-state index in [2.05, 4.69) is 18.8 Å². The summed E-state index contributed by atoms with van der Waals surface area (Å²) < 4.78 is 0. The zero-order valence-electron chi connectivity index (χ0n) is 10.2. The molecule has 0 spiro atoms. The number of hydrogen-bond donors (Lipinski definition) is 0. The minimum atomic E-state index is -0.355. The summed E-state index contributed by atoms with van der Waals surface area (Å²) in [5.41, 5.74) is 0.105. The topological polar surface area (TPSA) is 59.3 Å². The summed E-state index contributed by atoms with van der Waals surface area (Å²) in [6.07, 6.45) is 2.80. The zero-order valence-corrected chi connectivity index (χ0v) is 10.2. The second kappa shape index (κ2) is 4.69. The summed E-state index contributed by atoms with van der Waals surface area (Å²) in [7, 11) is 0. The molecule has 0 aromatic carbocycles. The highest BCUT2D eigenvalue weighted by molar-refractivity contribution is 5.57. The van der Waals surface area contributed by atoms with Crippen LogP contribution < -0.4 is 4.90 Å². The molecule has 2 heterocycles. The van der Waals surface area contributed by atoms with Crippen molar-refractivity contribution in [2.45, 2.75) is 20.3 Å². The van der Waals surface area contributed by atoms with Gasteiger partial charge < -0.3 is 4.90 Å². The van der Waals surface area contributed by atoms with Crippen molar-refractivity contribution < 1.29 is 4.92 Å². The number of nitrogens with zero attached hydrogens (tertiary/aromatic N) is 3. The number of rotatable bonds is 2. The van der Waals surface area contributed by atoms with E-state index in [9.17, 15) is 10.1 Å². The number of aromatic nitrogens is 1. The predicted octanol–water partition coefficient (Wildman–Crippen LogP) is 2.47. The third-order valence-corrected chi connectivity index (χ3v) is 3.13. The molecule has 0 unspecified atom stereocenters. The van der Waals surface area contributed by atoms with Crippen LogP contribution in [0.5, 0.6) is 0 Å². The van der Waals surface area contributed by atoms with Crippen LogP contribution >= 0.6 is 0 Å². The van der Waals surface area contributed by atoms with Gasteiger partial charge in [0.25, 0.3) is 0 Å². The van der Waals surface area contributed by atoms with Crippen molar-refractivity contribution in [3.8, 4) is 0 Å². The maximum absolute atomic E-state index is 11.0. The van der Waals surface area contributed by atoms with Crippen molar-refractivity contribution >= 4 is 11.5 Å². The van der Waals surface area contributed by atoms with Crippen molar-refractivity contribution in [3.05, 3.63) is 28.4 Å². The normalized spacial score (nSPS) is 24.7. The number of anilines is 1. The largest absolute Gasteiger partial charge is 0.350 e. The molecule has 1 aliphatic heterocycles. The van der Waals surface area contributed by atoms with Gasteiger partial charge in [-0.3, -0.25) is 10.1 Å². The Morgan fingerprint density at radius 1 is 1.41 bits per heavy atom. The summed E-state index contributed by atoms with van der Waals surface area (Å²) in [6.45, 7) is 6.05. The molecule has 0 radical (unpaired) electrons. The maximum atomic E-state index is 11.0. The van der Waals surface area contributed by atoms with Crippen LogP contribution in [0, 0.1) is 22.0 Å². The first-order valence-corrected chi connectivity index (χ1v) is 5.92. The number of nitro groups is 1. The van der Waals surface area contributed by atoms with Gasteiger partial charge >= 0.3 is 5.69 Å². The molecule has 1 aromatic rings. The molecule has 0 saturated carbocycles. The molecule has 92 valence electrons. The second-order valence-electron chi connectivity index (χ2n) is 4.95. The quantitative estimate of drug-likeness (QED) is 0.583. The second-order valence-corrected chi connectivity index (χ2v) is 4.95. The van der Waals surface area contributed by atoms with Gasteiger partial charge in [0.05, 0.1) is 4.92 Å². The van der Waals surface area contributed by atoms with Crippen LogP contribution in [0.4, 0.5) is 11.5 Å². The van der Waals surface area contributed by atoms with Gasteiger partial charge in [0.2, 0.25) is 5.82 Å². The van der Waals surface area contributed by atoms with E-state index >= 15 is 0 Å². The Balaban J connectivity index is 2.30. The van der Waals surface area contributed by atoms with Crippen LogP contribution in [0.25, 0.3) is 0 Å². The lowest BCUT2D eigenvalue weighted by atomic mass is 9.92. The van der Waals surface area contributed by atoms with Crippen LogP contribution in [-0.2, 0) is 0 Å². The Kier molecular flexibility index (Phi) is 3.26. The van der Waals surface area contributed by atoms with Gasteiger partial charge in [-0.2, -0.15) is 0 Å². The molecule has 1 aromatic heterocycles. The number of piperidine rings is 1. The fraction of sp³-hybridized carbons (Fsp3) is 0.583. The van der Waals surface area contributed by atoms with E-state index in [0.29, 0.717) is 17.7 Å². The lowest BCUT2D eigenvalue weighted by molar-refractivity contribution is -0.384. The third-order valence-electron chi connectivity index (χ3n) is 3.13. The minimum absolute atomic E-state index is 0.105. The lowest BCUT2D eigenvalue weighted by Gasteiger charge is -2.35. The highest BCUT2D eigenvalue weighted by atomic mass is 16.6. The highest BCUT2D eigenvalue weighted by Crippen LogP contribution is 2.30. The van der Waals surface area contributed by atoms with Gasteiger partial charge in [0, 0.05) is 25.4 Å². The van der Waals surface area contributed by atoms with Crippen molar-refractivity contribution in [1.29, 1.82) is 0 Å². The first-order chi connectivity index (χ1) is 8.08. The van der Waals surface area contributed by atoms with Crippen molar-refractivity contribution in [2.75, 3.05) is 18.0 Å². The highest BCUT2D eigenvalue weighted by Gasteiger charge is 2.27. The van der Waals surface area contributed by atoms with E-state index in [4.69, 9.17) is 0 Å². The van der Waals surface area contributed by atoms with Crippen molar-refractivity contribution in [1.82, 2.24) is 4.98 Å². The minimum Gasteiger partial charge on any atom is -0.350 e. The van der Waals surface area contributed by atoms with Gasteiger partial charge in [0.1, 0.15) is 0 Å². The third kappa shape index (κ3) is 2.54. The average molecular weight is 235 g/mol. The molecule has 1 aliphatic rings. The van der Waals surface area contributed by atoms with E-state index in [-0.39, 0.29) is 10.6 Å². The average Bonchev–Trinajstić information content (AvgIpc) is 2.27. The molecular weight excluding hydrogens is 218 g/mol. The molecule has 0 bridgehead atoms. The molecule has 1 saturated heterocycles. The molecule has 17 heavy (non-hydrogen) atoms. The SMILES string of the molecule is C[C@@H]1C[C@H](C)CN(c2ncccc2[N+](=O)[O-])C1. The Labute approximate surface area is 101 Å². The van der Waals surface area contributed by atoms with Crippen LogP contribution in [0.15, 0.2) is 18.3 Å². The van der Waals surface area contributed by atoms with E-state index in [0.717, 1.165) is 13.1 Å². The Morgan fingerprint density at radius 2 is 2.06 bits per heavy atom. The van der Waals surface area contributed by atoms with Crippen molar-refractivity contribution in [3.63, 3.8) is 0 Å². The summed E-state index contributed by atoms with van der Waals surface area (Å²) in [5.74, 6) is 1.62. The summed E-state index contributed by atoms with van der Waals surface area (Å²) in [6, 6.07) is 3.13. The van der Waals surface area contributed by atoms with E-state index in [1.807, 2.05) is 4.90 Å². The Hall–Kier alpha value is -1.65. The molecule has 0 N–H and O–H groups in total. The van der Waals surface area contributed by atoms with E-state index in [1.165, 1.54) is 12.5 Å². The Morgan fingerprint density at radius 3 is 2.65 bits per heavy atom. The fourth-order valence-corrected chi connectivity index (χ4v) is 2.61. The standard InChI is InChI=1S/C12H17N3O2/c1-9-6-10(2)8-14(7-9)12-11(15(16)17)4-3-5-13-12/h3-5,9-10H,6-8H2,1-2H3/t9-,10+. The van der Waals surface area contributed by atoms with Crippen LogP contribution in [0.2, 0.25) is 0 Å². The molecule has 2 atom stereocenters. The zero-order chi connectivity index (χ0) is 12.4. The van der Waals surface area contributed by atoms with Crippen LogP contribution in [-0.4, -0.2) is 23.0 Å². The molecule has 2 rings (SSSR count). The summed E-state index contributed by atoms with van der Waals surface area (Å²) in [4.78, 5) is 16.8. The number of pyridine rings is 1. The first kappa shape index (κ1) is 11.8. The molecule has 5 nitrogen and oxygen atoms in total. The fourth-order valence-electron chi connectivity index (χ4n) is 2.61. The molecule has 1 fully saturated rings. The van der Waals surface area contributed by atoms with Crippen molar-refractivity contribution in [2.24, 2.45) is 11.8 Å². The van der Waals surface area contributed by atoms with Gasteiger partial charge in [-0.05, 0) is 24.3 Å². The number of hydrogen-bond acceptors (Lipinski definition) is 4. The molecular formula is C12H17N3O2. The summed E-state index contributed by atoms with van der Waals surface area (Å²) >= 11 is 0. The summed E-state index contributed by atoms with van der Waals surface area (Å²) in [5, 5.41) is 11.0. The van der Waals surface area contributed by atoms with E-state index < -0.39 is 0 Å². The molecule has 0 aliphatic carbocycles. The van der Waals surface area contributed by atoms with Gasteiger partial charge in [-0.25, -0.2) is 4.98 Å². The smallest absolute Gasteiger partial charge is 0.311 e. The Bertz CT molecular complexity index is 412. The van der Waals surface area contributed by atoms with Gasteiger partial charge in [0.15, 0.2) is 0 Å². The molecule has 0 amide bonds. The van der Waals surface area contributed by atoms with Gasteiger partial charge in [-0.1, -0.05) is 13.8 Å². The van der Waals surface area contributed by atoms with Gasteiger partial charge in [-0.15, -0.1) is 0 Å². The monoisotopic (exact) mass is 235 g/mol. The predicted molar refractivity (Wildman–Crippen MR) is 66.0 cm³/mol. The van der Waals surface area contributed by atoms with E-state index in [1.54, 1.807) is 12.3 Å². The lowest BCUT2D eigenvalue weighted by Crippen LogP contribution is -2.39. The van der Waals surface area contributed by atoms with Crippen LogP contribution in [0.1, 0.15) is 20.3 Å². The first-order valence-electron chi connectivity index (χ1n) is 5.92.